The number of halogens is 1. The number of nitrogen functional groups attached to an aromatic ring is 1. The van der Waals surface area contributed by atoms with Gasteiger partial charge >= 0.3 is 4.87 Å². The summed E-state index contributed by atoms with van der Waals surface area (Å²) in [5.41, 5.74) is 8.84. The number of aromatic nitrogens is 1. The van der Waals surface area contributed by atoms with Crippen molar-refractivity contribution in [3.05, 3.63) is 75.0 Å². The number of nitrogens with two attached hydrogens (primary N) is 1. The third-order valence-corrected chi connectivity index (χ3v) is 3.98. The lowest BCUT2D eigenvalue weighted by atomic mass is 10.1. The van der Waals surface area contributed by atoms with Gasteiger partial charge in [-0.1, -0.05) is 35.6 Å². The van der Waals surface area contributed by atoms with Crippen molar-refractivity contribution in [1.29, 1.82) is 0 Å². The number of thiazole rings is 1. The van der Waals surface area contributed by atoms with Gasteiger partial charge in [0.25, 0.3) is 0 Å². The highest BCUT2D eigenvalue weighted by Crippen LogP contribution is 2.22. The van der Waals surface area contributed by atoms with E-state index in [0.717, 1.165) is 28.2 Å². The quantitative estimate of drug-likeness (QED) is 0.754. The topological polar surface area (TPSA) is 48.0 Å². The highest BCUT2D eigenvalue weighted by atomic mass is 32.1. The molecule has 106 valence electrons. The molecule has 0 aliphatic carbocycles. The fourth-order valence-electron chi connectivity index (χ4n) is 2.18. The van der Waals surface area contributed by atoms with E-state index in [9.17, 15) is 9.18 Å². The average Bonchev–Trinajstić information content (AvgIpc) is 2.81. The molecule has 5 heteroatoms. The van der Waals surface area contributed by atoms with Crippen LogP contribution in [0.5, 0.6) is 0 Å². The molecule has 3 nitrogen and oxygen atoms in total. The van der Waals surface area contributed by atoms with E-state index >= 15 is 0 Å². The van der Waals surface area contributed by atoms with E-state index in [-0.39, 0.29) is 10.7 Å². The lowest BCUT2D eigenvalue weighted by Gasteiger charge is -2.08. The Balaban J connectivity index is 2.01. The maximum absolute atomic E-state index is 13.3. The van der Waals surface area contributed by atoms with E-state index in [1.165, 1.54) is 12.1 Å². The Morgan fingerprint density at radius 1 is 1.14 bits per heavy atom. The van der Waals surface area contributed by atoms with Crippen LogP contribution < -0.4 is 10.6 Å². The van der Waals surface area contributed by atoms with Gasteiger partial charge in [0, 0.05) is 11.1 Å². The van der Waals surface area contributed by atoms with Gasteiger partial charge in [0.1, 0.15) is 5.82 Å². The average molecular weight is 300 g/mol. The Morgan fingerprint density at radius 3 is 2.62 bits per heavy atom. The first-order chi connectivity index (χ1) is 10.1. The fourth-order valence-corrected chi connectivity index (χ4v) is 2.94. The zero-order chi connectivity index (χ0) is 14.8. The lowest BCUT2D eigenvalue weighted by Crippen LogP contribution is -2.15. The second-order valence-electron chi connectivity index (χ2n) is 4.72. The van der Waals surface area contributed by atoms with Crippen LogP contribution in [0.2, 0.25) is 0 Å². The minimum atomic E-state index is -0.301. The van der Waals surface area contributed by atoms with Crippen molar-refractivity contribution in [1.82, 2.24) is 4.57 Å². The lowest BCUT2D eigenvalue weighted by molar-refractivity contribution is 0.623. The smallest absolute Gasteiger partial charge is 0.307 e. The summed E-state index contributed by atoms with van der Waals surface area (Å²) in [6, 6.07) is 13.6. The van der Waals surface area contributed by atoms with Crippen molar-refractivity contribution >= 4 is 17.0 Å². The second kappa shape index (κ2) is 5.54. The number of hydrogen-bond acceptors (Lipinski definition) is 3. The fraction of sp³-hybridized carbons (Fsp3) is 0.0625. The molecule has 0 radical (unpaired) electrons. The summed E-state index contributed by atoms with van der Waals surface area (Å²) in [6.07, 6.45) is 0. The van der Waals surface area contributed by atoms with E-state index in [1.54, 1.807) is 28.8 Å². The Hall–Kier alpha value is -2.40. The molecular formula is C16H13FN2OS. The zero-order valence-electron chi connectivity index (χ0n) is 11.1. The summed E-state index contributed by atoms with van der Waals surface area (Å²) >= 11 is 1.14. The molecule has 0 aliphatic rings. The number of rotatable bonds is 3. The standard InChI is InChI=1S/C16H13FN2OS/c17-13-3-1-2-11(8-13)9-19-15(10-21-16(19)20)12-4-6-14(18)7-5-12/h1-8,10H,9,18H2. The van der Waals surface area contributed by atoms with Gasteiger partial charge in [0.05, 0.1) is 12.2 Å². The molecule has 0 spiro atoms. The molecule has 0 amide bonds. The minimum Gasteiger partial charge on any atom is -0.399 e. The van der Waals surface area contributed by atoms with Crippen LogP contribution in [0.25, 0.3) is 11.3 Å². The van der Waals surface area contributed by atoms with Crippen LogP contribution in [-0.2, 0) is 6.54 Å². The molecule has 2 N–H and O–H groups in total. The van der Waals surface area contributed by atoms with Crippen molar-refractivity contribution in [2.24, 2.45) is 0 Å². The van der Waals surface area contributed by atoms with Crippen molar-refractivity contribution in [3.8, 4) is 11.3 Å². The van der Waals surface area contributed by atoms with Crippen LogP contribution >= 0.6 is 11.3 Å². The van der Waals surface area contributed by atoms with Gasteiger partial charge in [-0.25, -0.2) is 4.39 Å². The molecule has 0 fully saturated rings. The first-order valence-corrected chi connectivity index (χ1v) is 7.30. The molecule has 3 aromatic rings. The summed E-state index contributed by atoms with van der Waals surface area (Å²) in [5, 5.41) is 1.81. The van der Waals surface area contributed by atoms with Crippen LogP contribution in [0.1, 0.15) is 5.56 Å². The van der Waals surface area contributed by atoms with Gasteiger partial charge in [0.15, 0.2) is 0 Å². The van der Waals surface area contributed by atoms with E-state index in [2.05, 4.69) is 0 Å². The van der Waals surface area contributed by atoms with E-state index in [0.29, 0.717) is 12.2 Å². The molecule has 0 bridgehead atoms. The molecule has 0 saturated heterocycles. The van der Waals surface area contributed by atoms with Gasteiger partial charge in [-0.2, -0.15) is 0 Å². The van der Waals surface area contributed by atoms with Crippen LogP contribution in [-0.4, -0.2) is 4.57 Å². The Labute approximate surface area is 125 Å². The minimum absolute atomic E-state index is 0.0638. The molecule has 0 atom stereocenters. The molecule has 3 rings (SSSR count). The number of nitrogens with zero attached hydrogens (tertiary/aromatic N) is 1. The third-order valence-electron chi connectivity index (χ3n) is 3.22. The maximum atomic E-state index is 13.3. The van der Waals surface area contributed by atoms with Gasteiger partial charge in [-0.15, -0.1) is 0 Å². The predicted octanol–water partition coefficient (Wildman–Crippen LogP) is 3.35. The summed E-state index contributed by atoms with van der Waals surface area (Å²) < 4.78 is 14.9. The zero-order valence-corrected chi connectivity index (χ0v) is 11.9. The molecule has 0 unspecified atom stereocenters. The first-order valence-electron chi connectivity index (χ1n) is 6.42. The molecule has 1 aromatic heterocycles. The molecule has 21 heavy (non-hydrogen) atoms. The van der Waals surface area contributed by atoms with Crippen LogP contribution in [0, 0.1) is 5.82 Å². The largest absolute Gasteiger partial charge is 0.399 e. The summed E-state index contributed by atoms with van der Waals surface area (Å²) in [5.74, 6) is -0.301. The molecule has 0 saturated carbocycles. The van der Waals surface area contributed by atoms with Crippen molar-refractivity contribution in [3.63, 3.8) is 0 Å². The number of benzene rings is 2. The Morgan fingerprint density at radius 2 is 1.90 bits per heavy atom. The monoisotopic (exact) mass is 300 g/mol. The first kappa shape index (κ1) is 13.6. The molecular weight excluding hydrogens is 287 g/mol. The molecule has 0 aliphatic heterocycles. The summed E-state index contributed by atoms with van der Waals surface area (Å²) in [4.78, 5) is 12.0. The highest BCUT2D eigenvalue weighted by Gasteiger charge is 2.10. The Kier molecular flexibility index (Phi) is 3.58. The van der Waals surface area contributed by atoms with E-state index < -0.39 is 0 Å². The van der Waals surface area contributed by atoms with Crippen molar-refractivity contribution in [2.75, 3.05) is 5.73 Å². The Bertz CT molecular complexity index is 821. The van der Waals surface area contributed by atoms with Gasteiger partial charge in [-0.05, 0) is 35.4 Å². The summed E-state index contributed by atoms with van der Waals surface area (Å²) in [7, 11) is 0. The van der Waals surface area contributed by atoms with Crippen LogP contribution in [0.3, 0.4) is 0 Å². The maximum Gasteiger partial charge on any atom is 0.307 e. The van der Waals surface area contributed by atoms with Gasteiger partial charge in [0.2, 0.25) is 0 Å². The van der Waals surface area contributed by atoms with Crippen molar-refractivity contribution < 1.29 is 4.39 Å². The van der Waals surface area contributed by atoms with Crippen LogP contribution in [0.4, 0.5) is 10.1 Å². The van der Waals surface area contributed by atoms with E-state index in [4.69, 9.17) is 5.73 Å². The SMILES string of the molecule is Nc1ccc(-c2csc(=O)n2Cc2cccc(F)c2)cc1. The number of anilines is 1. The van der Waals surface area contributed by atoms with Crippen molar-refractivity contribution in [2.45, 2.75) is 6.54 Å². The highest BCUT2D eigenvalue weighted by molar-refractivity contribution is 7.07. The van der Waals surface area contributed by atoms with Gasteiger partial charge < -0.3 is 5.73 Å². The third kappa shape index (κ3) is 2.87. The van der Waals surface area contributed by atoms with Crippen LogP contribution in [0.15, 0.2) is 58.7 Å². The molecule has 1 heterocycles. The normalized spacial score (nSPS) is 10.7. The number of hydrogen-bond donors (Lipinski definition) is 1. The predicted molar refractivity (Wildman–Crippen MR) is 83.9 cm³/mol. The van der Waals surface area contributed by atoms with Gasteiger partial charge in [-0.3, -0.25) is 9.36 Å². The van der Waals surface area contributed by atoms with E-state index in [1.807, 2.05) is 17.5 Å². The summed E-state index contributed by atoms with van der Waals surface area (Å²) in [6.45, 7) is 0.347. The second-order valence-corrected chi connectivity index (χ2v) is 5.55. The molecule has 2 aromatic carbocycles.